The van der Waals surface area contributed by atoms with Gasteiger partial charge < -0.3 is 20.5 Å². The fourth-order valence-electron chi connectivity index (χ4n) is 4.63. The van der Waals surface area contributed by atoms with Crippen LogP contribution in [0.25, 0.3) is 11.4 Å². The minimum absolute atomic E-state index is 0.0338. The van der Waals surface area contributed by atoms with Crippen LogP contribution in [0.2, 0.25) is 0 Å². The molecule has 8 nitrogen and oxygen atoms in total. The van der Waals surface area contributed by atoms with Gasteiger partial charge in [-0.15, -0.1) is 5.10 Å². The number of nitrogens with zero attached hydrogens (tertiary/aromatic N) is 3. The van der Waals surface area contributed by atoms with Gasteiger partial charge in [-0.1, -0.05) is 69.3 Å². The van der Waals surface area contributed by atoms with Gasteiger partial charge in [0.15, 0.2) is 5.82 Å². The van der Waals surface area contributed by atoms with Crippen LogP contribution in [0, 0.1) is 0 Å². The van der Waals surface area contributed by atoms with Crippen molar-refractivity contribution in [2.45, 2.75) is 39.2 Å². The van der Waals surface area contributed by atoms with Crippen molar-refractivity contribution in [3.8, 4) is 22.9 Å². The van der Waals surface area contributed by atoms with Gasteiger partial charge in [-0.05, 0) is 47.7 Å². The van der Waals surface area contributed by atoms with Crippen LogP contribution in [-0.4, -0.2) is 32.9 Å². The van der Waals surface area contributed by atoms with E-state index in [0.29, 0.717) is 40.0 Å². The second-order valence-electron chi connectivity index (χ2n) is 10.3. The lowest BCUT2D eigenvalue weighted by Gasteiger charge is -2.29. The Bertz CT molecular complexity index is 1530. The number of hydrogen-bond donors (Lipinski definition) is 3. The van der Waals surface area contributed by atoms with E-state index < -0.39 is 6.04 Å². The molecule has 2 heterocycles. The first-order valence-electron chi connectivity index (χ1n) is 12.4. The summed E-state index contributed by atoms with van der Waals surface area (Å²) in [4.78, 5) is 18.5. The molecule has 1 aliphatic heterocycles. The number of benzene rings is 3. The van der Waals surface area contributed by atoms with E-state index in [1.807, 2.05) is 37.3 Å². The predicted molar refractivity (Wildman–Crippen MR) is 148 cm³/mol. The van der Waals surface area contributed by atoms with E-state index >= 15 is 0 Å². The summed E-state index contributed by atoms with van der Waals surface area (Å²) in [5.41, 5.74) is 4.47. The van der Waals surface area contributed by atoms with Crippen LogP contribution in [0.1, 0.15) is 44.9 Å². The summed E-state index contributed by atoms with van der Waals surface area (Å²) in [5, 5.41) is 21.3. The lowest BCUT2D eigenvalue weighted by molar-refractivity contribution is -0.113. The number of anilines is 2. The second-order valence-corrected chi connectivity index (χ2v) is 10.3. The van der Waals surface area contributed by atoms with Crippen molar-refractivity contribution in [1.82, 2.24) is 14.8 Å². The second kappa shape index (κ2) is 9.70. The lowest BCUT2D eigenvalue weighted by atomic mass is 9.87. The molecule has 0 spiro atoms. The Morgan fingerprint density at radius 2 is 1.79 bits per heavy atom. The number of amides is 1. The summed E-state index contributed by atoms with van der Waals surface area (Å²) < 4.78 is 7.12. The SMILES string of the molecule is COc1ccccc1NC(=O)C1=C(C)Nc2nc(-c3ccc(C(C)(C)C)cc3)nn2C1c1cccc(O)c1. The molecule has 0 saturated heterocycles. The molecule has 0 saturated carbocycles. The zero-order chi connectivity index (χ0) is 27.0. The molecule has 0 radical (unpaired) electrons. The van der Waals surface area contributed by atoms with Crippen LogP contribution in [0.4, 0.5) is 11.6 Å². The maximum Gasteiger partial charge on any atom is 0.255 e. The van der Waals surface area contributed by atoms with Gasteiger partial charge in [0, 0.05) is 11.3 Å². The number of aromatic hydroxyl groups is 1. The van der Waals surface area contributed by atoms with Gasteiger partial charge in [0.05, 0.1) is 18.4 Å². The number of para-hydroxylation sites is 2. The molecule has 0 aliphatic carbocycles. The van der Waals surface area contributed by atoms with E-state index in [2.05, 4.69) is 43.5 Å². The van der Waals surface area contributed by atoms with Gasteiger partial charge in [0.1, 0.15) is 17.5 Å². The van der Waals surface area contributed by atoms with Crippen LogP contribution >= 0.6 is 0 Å². The Kier molecular flexibility index (Phi) is 6.40. The Morgan fingerprint density at radius 1 is 1.05 bits per heavy atom. The number of fused-ring (bicyclic) bond motifs is 1. The molecule has 4 aromatic rings. The Hall–Kier alpha value is -4.59. The van der Waals surface area contributed by atoms with E-state index in [1.165, 1.54) is 5.56 Å². The molecule has 1 atom stereocenters. The fraction of sp³-hybridized carbons (Fsp3) is 0.233. The summed E-state index contributed by atoms with van der Waals surface area (Å²) in [6.45, 7) is 8.35. The first-order chi connectivity index (χ1) is 18.2. The molecule has 3 aromatic carbocycles. The van der Waals surface area contributed by atoms with E-state index in [-0.39, 0.29) is 17.1 Å². The van der Waals surface area contributed by atoms with Crippen molar-refractivity contribution in [1.29, 1.82) is 0 Å². The first kappa shape index (κ1) is 25.1. The number of phenolic OH excluding ortho intramolecular Hbond substituents is 1. The number of carbonyl (C=O) groups excluding carboxylic acids is 1. The molecule has 1 amide bonds. The maximum atomic E-state index is 13.7. The summed E-state index contributed by atoms with van der Waals surface area (Å²) in [5.74, 6) is 1.39. The van der Waals surface area contributed by atoms with E-state index in [4.69, 9.17) is 14.8 Å². The largest absolute Gasteiger partial charge is 0.508 e. The normalized spacial score (nSPS) is 15.0. The molecular formula is C30H31N5O3. The van der Waals surface area contributed by atoms with Gasteiger partial charge in [0.2, 0.25) is 5.95 Å². The maximum absolute atomic E-state index is 13.7. The number of ether oxygens (including phenoxy) is 1. The van der Waals surface area contributed by atoms with Crippen molar-refractivity contribution in [2.75, 3.05) is 17.7 Å². The van der Waals surface area contributed by atoms with Crippen molar-refractivity contribution >= 4 is 17.5 Å². The molecule has 3 N–H and O–H groups in total. The Labute approximate surface area is 222 Å². The molecule has 0 bridgehead atoms. The number of rotatable bonds is 5. The van der Waals surface area contributed by atoms with Crippen molar-refractivity contribution < 1.29 is 14.6 Å². The number of phenols is 1. The topological polar surface area (TPSA) is 101 Å². The minimum Gasteiger partial charge on any atom is -0.508 e. The third kappa shape index (κ3) is 4.72. The molecule has 38 heavy (non-hydrogen) atoms. The van der Waals surface area contributed by atoms with Crippen molar-refractivity contribution in [3.63, 3.8) is 0 Å². The van der Waals surface area contributed by atoms with Crippen LogP contribution in [0.3, 0.4) is 0 Å². The number of aromatic nitrogens is 3. The molecule has 5 rings (SSSR count). The van der Waals surface area contributed by atoms with Crippen LogP contribution in [0.5, 0.6) is 11.5 Å². The van der Waals surface area contributed by atoms with Crippen LogP contribution in [-0.2, 0) is 10.2 Å². The molecule has 8 heteroatoms. The number of carbonyl (C=O) groups is 1. The highest BCUT2D eigenvalue weighted by atomic mass is 16.5. The summed E-state index contributed by atoms with van der Waals surface area (Å²) in [6, 6.07) is 21.7. The van der Waals surface area contributed by atoms with Gasteiger partial charge in [-0.3, -0.25) is 4.79 Å². The average Bonchev–Trinajstić information content (AvgIpc) is 3.31. The van der Waals surface area contributed by atoms with Crippen molar-refractivity contribution in [3.05, 3.63) is 95.2 Å². The highest BCUT2D eigenvalue weighted by molar-refractivity contribution is 6.06. The summed E-state index contributed by atoms with van der Waals surface area (Å²) in [7, 11) is 1.56. The van der Waals surface area contributed by atoms with Crippen LogP contribution in [0.15, 0.2) is 84.1 Å². The minimum atomic E-state index is -0.622. The van der Waals surface area contributed by atoms with Crippen molar-refractivity contribution in [2.24, 2.45) is 0 Å². The van der Waals surface area contributed by atoms with Gasteiger partial charge in [-0.25, -0.2) is 4.68 Å². The molecule has 1 aliphatic rings. The Balaban J connectivity index is 1.57. The zero-order valence-corrected chi connectivity index (χ0v) is 22.1. The quantitative estimate of drug-likeness (QED) is 0.310. The summed E-state index contributed by atoms with van der Waals surface area (Å²) >= 11 is 0. The molecule has 194 valence electrons. The third-order valence-electron chi connectivity index (χ3n) is 6.65. The molecule has 0 fully saturated rings. The fourth-order valence-corrected chi connectivity index (χ4v) is 4.63. The number of allylic oxidation sites excluding steroid dienone is 1. The number of nitrogens with one attached hydrogen (secondary N) is 2. The van der Waals surface area contributed by atoms with E-state index in [9.17, 15) is 9.90 Å². The van der Waals surface area contributed by atoms with Crippen LogP contribution < -0.4 is 15.4 Å². The standard InChI is InChI=1S/C30H31N5O3/c1-18-25(28(37)32-23-11-6-7-12-24(23)38-5)26(20-9-8-10-22(36)17-20)35-29(31-18)33-27(34-35)19-13-15-21(16-14-19)30(2,3)4/h6-17,26,36H,1-5H3,(H,32,37)(H,31,33,34). The van der Waals surface area contributed by atoms with Gasteiger partial charge >= 0.3 is 0 Å². The number of methoxy groups -OCH3 is 1. The first-order valence-corrected chi connectivity index (χ1v) is 12.4. The number of hydrogen-bond acceptors (Lipinski definition) is 6. The van der Waals surface area contributed by atoms with E-state index in [0.717, 1.165) is 5.56 Å². The average molecular weight is 510 g/mol. The highest BCUT2D eigenvalue weighted by Crippen LogP contribution is 2.38. The zero-order valence-electron chi connectivity index (χ0n) is 22.1. The van der Waals surface area contributed by atoms with E-state index in [1.54, 1.807) is 42.1 Å². The monoisotopic (exact) mass is 509 g/mol. The van der Waals surface area contributed by atoms with Gasteiger partial charge in [0.25, 0.3) is 5.91 Å². The molecule has 1 aromatic heterocycles. The highest BCUT2D eigenvalue weighted by Gasteiger charge is 2.35. The third-order valence-corrected chi connectivity index (χ3v) is 6.65. The summed E-state index contributed by atoms with van der Waals surface area (Å²) in [6.07, 6.45) is 0. The smallest absolute Gasteiger partial charge is 0.255 e. The molecule has 1 unspecified atom stereocenters. The molecular weight excluding hydrogens is 478 g/mol. The lowest BCUT2D eigenvalue weighted by Crippen LogP contribution is -2.31. The predicted octanol–water partition coefficient (Wildman–Crippen LogP) is 5.88. The van der Waals surface area contributed by atoms with Gasteiger partial charge in [-0.2, -0.15) is 4.98 Å². The Morgan fingerprint density at radius 3 is 2.47 bits per heavy atom.